The summed E-state index contributed by atoms with van der Waals surface area (Å²) in [5.41, 5.74) is 8.97. The number of nitrogens with zero attached hydrogens (tertiary/aromatic N) is 1. The highest BCUT2D eigenvalue weighted by Crippen LogP contribution is 2.32. The molecule has 90 valence electrons. The van der Waals surface area contributed by atoms with Crippen molar-refractivity contribution < 1.29 is 4.74 Å². The minimum absolute atomic E-state index is 0.501. The summed E-state index contributed by atoms with van der Waals surface area (Å²) in [5.74, 6) is 0.912. The first-order valence-electron chi connectivity index (χ1n) is 5.47. The molecule has 1 aromatic heterocycles. The molecule has 0 spiro atoms. The lowest BCUT2D eigenvalue weighted by Crippen LogP contribution is -1.94. The second-order valence-corrected chi connectivity index (χ2v) is 4.99. The van der Waals surface area contributed by atoms with Crippen molar-refractivity contribution in [1.29, 1.82) is 0 Å². The first kappa shape index (κ1) is 12.1. The van der Waals surface area contributed by atoms with Crippen molar-refractivity contribution in [3.05, 3.63) is 34.5 Å². The third-order valence-electron chi connectivity index (χ3n) is 2.67. The molecule has 0 amide bonds. The molecule has 0 radical (unpaired) electrons. The normalized spacial score (nSPS) is 10.6. The van der Waals surface area contributed by atoms with Crippen LogP contribution in [0.25, 0.3) is 10.4 Å². The van der Waals surface area contributed by atoms with Crippen LogP contribution in [0.2, 0.25) is 0 Å². The van der Waals surface area contributed by atoms with Gasteiger partial charge in [0, 0.05) is 6.54 Å². The quantitative estimate of drug-likeness (QED) is 0.908. The molecule has 0 saturated carbocycles. The van der Waals surface area contributed by atoms with Crippen molar-refractivity contribution in [3.8, 4) is 16.2 Å². The van der Waals surface area contributed by atoms with Crippen molar-refractivity contribution in [1.82, 2.24) is 4.98 Å². The number of rotatable bonds is 3. The third-order valence-corrected chi connectivity index (χ3v) is 3.90. The van der Waals surface area contributed by atoms with Crippen LogP contribution in [0.5, 0.6) is 5.75 Å². The molecule has 0 unspecified atom stereocenters. The SMILES string of the molecule is COc1ccc(-c2sc(CN)nc2C)cc1C. The highest BCUT2D eigenvalue weighted by molar-refractivity contribution is 7.15. The maximum Gasteiger partial charge on any atom is 0.121 e. The zero-order valence-electron chi connectivity index (χ0n) is 10.3. The Kier molecular flexibility index (Phi) is 3.45. The van der Waals surface area contributed by atoms with Crippen molar-refractivity contribution >= 4 is 11.3 Å². The van der Waals surface area contributed by atoms with Crippen molar-refractivity contribution in [3.63, 3.8) is 0 Å². The van der Waals surface area contributed by atoms with Gasteiger partial charge in [-0.2, -0.15) is 0 Å². The molecule has 3 nitrogen and oxygen atoms in total. The number of aromatic nitrogens is 1. The van der Waals surface area contributed by atoms with E-state index in [1.54, 1.807) is 18.4 Å². The van der Waals surface area contributed by atoms with Crippen LogP contribution in [-0.2, 0) is 6.54 Å². The van der Waals surface area contributed by atoms with Crippen LogP contribution in [0.4, 0.5) is 0 Å². The van der Waals surface area contributed by atoms with Gasteiger partial charge in [-0.15, -0.1) is 11.3 Å². The number of hydrogen-bond donors (Lipinski definition) is 1. The molecule has 0 fully saturated rings. The molecule has 0 atom stereocenters. The fraction of sp³-hybridized carbons (Fsp3) is 0.308. The molecule has 1 heterocycles. The van der Waals surface area contributed by atoms with Gasteiger partial charge in [0.2, 0.25) is 0 Å². The zero-order valence-corrected chi connectivity index (χ0v) is 11.1. The predicted molar refractivity (Wildman–Crippen MR) is 71.5 cm³/mol. The highest BCUT2D eigenvalue weighted by Gasteiger charge is 2.10. The molecule has 2 aromatic rings. The Balaban J connectivity index is 2.45. The van der Waals surface area contributed by atoms with Gasteiger partial charge in [-0.3, -0.25) is 0 Å². The van der Waals surface area contributed by atoms with Gasteiger partial charge in [0.15, 0.2) is 0 Å². The molecule has 2 rings (SSSR count). The van der Waals surface area contributed by atoms with Gasteiger partial charge in [-0.25, -0.2) is 4.98 Å². The van der Waals surface area contributed by atoms with Gasteiger partial charge in [0.1, 0.15) is 10.8 Å². The second-order valence-electron chi connectivity index (χ2n) is 3.91. The lowest BCUT2D eigenvalue weighted by atomic mass is 10.1. The minimum atomic E-state index is 0.501. The summed E-state index contributed by atoms with van der Waals surface area (Å²) in [4.78, 5) is 5.63. The summed E-state index contributed by atoms with van der Waals surface area (Å²) < 4.78 is 5.26. The van der Waals surface area contributed by atoms with E-state index >= 15 is 0 Å². The van der Waals surface area contributed by atoms with Crippen LogP contribution in [0, 0.1) is 13.8 Å². The Morgan fingerprint density at radius 3 is 2.65 bits per heavy atom. The summed E-state index contributed by atoms with van der Waals surface area (Å²) in [6.07, 6.45) is 0. The van der Waals surface area contributed by atoms with Crippen LogP contribution >= 0.6 is 11.3 Å². The summed E-state index contributed by atoms with van der Waals surface area (Å²) in [7, 11) is 1.69. The molecule has 4 heteroatoms. The molecule has 0 aliphatic heterocycles. The van der Waals surface area contributed by atoms with Crippen LogP contribution < -0.4 is 10.5 Å². The average molecular weight is 248 g/mol. The van der Waals surface area contributed by atoms with Crippen molar-refractivity contribution in [2.45, 2.75) is 20.4 Å². The van der Waals surface area contributed by atoms with E-state index in [-0.39, 0.29) is 0 Å². The van der Waals surface area contributed by atoms with E-state index in [0.717, 1.165) is 22.0 Å². The van der Waals surface area contributed by atoms with E-state index < -0.39 is 0 Å². The van der Waals surface area contributed by atoms with Crippen LogP contribution in [0.1, 0.15) is 16.3 Å². The molecule has 0 saturated heterocycles. The first-order chi connectivity index (χ1) is 8.15. The van der Waals surface area contributed by atoms with E-state index in [1.165, 1.54) is 10.4 Å². The number of methoxy groups -OCH3 is 1. The van der Waals surface area contributed by atoms with Crippen molar-refractivity contribution in [2.24, 2.45) is 5.73 Å². The standard InChI is InChI=1S/C13H16N2OS/c1-8-6-10(4-5-11(8)16-3)13-9(2)15-12(7-14)17-13/h4-6H,7,14H2,1-3H3. The Bertz CT molecular complexity index is 534. The Labute approximate surface area is 105 Å². The fourth-order valence-electron chi connectivity index (χ4n) is 1.83. The average Bonchev–Trinajstić information content (AvgIpc) is 2.70. The smallest absolute Gasteiger partial charge is 0.121 e. The maximum atomic E-state index is 5.61. The molecular formula is C13H16N2OS. The van der Waals surface area contributed by atoms with E-state index in [1.807, 2.05) is 19.9 Å². The largest absolute Gasteiger partial charge is 0.496 e. The second kappa shape index (κ2) is 4.85. The van der Waals surface area contributed by atoms with Gasteiger partial charge in [0.25, 0.3) is 0 Å². The number of nitrogens with two attached hydrogens (primary N) is 1. The summed E-state index contributed by atoms with van der Waals surface area (Å²) in [6, 6.07) is 6.18. The summed E-state index contributed by atoms with van der Waals surface area (Å²) in [6.45, 7) is 4.56. The molecule has 0 bridgehead atoms. The number of benzene rings is 1. The van der Waals surface area contributed by atoms with Crippen molar-refractivity contribution in [2.75, 3.05) is 7.11 Å². The predicted octanol–water partition coefficient (Wildman–Crippen LogP) is 2.89. The van der Waals surface area contributed by atoms with Gasteiger partial charge in [0.05, 0.1) is 17.7 Å². The van der Waals surface area contributed by atoms with Gasteiger partial charge < -0.3 is 10.5 Å². The topological polar surface area (TPSA) is 48.1 Å². The zero-order chi connectivity index (χ0) is 12.4. The first-order valence-corrected chi connectivity index (χ1v) is 6.28. The van der Waals surface area contributed by atoms with Gasteiger partial charge in [-0.1, -0.05) is 0 Å². The molecule has 0 aliphatic carbocycles. The lowest BCUT2D eigenvalue weighted by molar-refractivity contribution is 0.412. The Hall–Kier alpha value is -1.39. The van der Waals surface area contributed by atoms with E-state index in [0.29, 0.717) is 6.54 Å². The Morgan fingerprint density at radius 2 is 2.12 bits per heavy atom. The van der Waals surface area contributed by atoms with Crippen LogP contribution in [0.15, 0.2) is 18.2 Å². The van der Waals surface area contributed by atoms with Crippen LogP contribution in [-0.4, -0.2) is 12.1 Å². The molecule has 1 aromatic carbocycles. The number of ether oxygens (including phenoxy) is 1. The minimum Gasteiger partial charge on any atom is -0.496 e. The van der Waals surface area contributed by atoms with Crippen LogP contribution in [0.3, 0.4) is 0 Å². The fourth-order valence-corrected chi connectivity index (χ4v) is 2.77. The number of thiazole rings is 1. The third kappa shape index (κ3) is 2.33. The number of hydrogen-bond acceptors (Lipinski definition) is 4. The Morgan fingerprint density at radius 1 is 1.35 bits per heavy atom. The molecule has 2 N–H and O–H groups in total. The lowest BCUT2D eigenvalue weighted by Gasteiger charge is -2.06. The van der Waals surface area contributed by atoms with Gasteiger partial charge >= 0.3 is 0 Å². The number of aryl methyl sites for hydroxylation is 2. The summed E-state index contributed by atoms with van der Waals surface area (Å²) in [5, 5.41) is 0.978. The summed E-state index contributed by atoms with van der Waals surface area (Å²) >= 11 is 1.66. The monoisotopic (exact) mass is 248 g/mol. The highest BCUT2D eigenvalue weighted by atomic mass is 32.1. The molecule has 17 heavy (non-hydrogen) atoms. The molecular weight excluding hydrogens is 232 g/mol. The van der Waals surface area contributed by atoms with E-state index in [4.69, 9.17) is 10.5 Å². The van der Waals surface area contributed by atoms with E-state index in [2.05, 4.69) is 17.1 Å². The maximum absolute atomic E-state index is 5.61. The molecule has 0 aliphatic rings. The van der Waals surface area contributed by atoms with Gasteiger partial charge in [-0.05, 0) is 43.2 Å². The van der Waals surface area contributed by atoms with E-state index in [9.17, 15) is 0 Å².